The predicted octanol–water partition coefficient (Wildman–Crippen LogP) is 3.44. The second kappa shape index (κ2) is 6.28. The van der Waals surface area contributed by atoms with Crippen LogP contribution in [-0.4, -0.2) is 13.7 Å². The van der Waals surface area contributed by atoms with Crippen molar-refractivity contribution in [3.8, 4) is 5.75 Å². The van der Waals surface area contributed by atoms with Gasteiger partial charge in [0.2, 0.25) is 0 Å². The maximum absolute atomic E-state index is 12.9. The average molecular weight is 274 g/mol. The van der Waals surface area contributed by atoms with E-state index in [0.29, 0.717) is 24.6 Å². The van der Waals surface area contributed by atoms with Crippen LogP contribution in [0.25, 0.3) is 0 Å². The molecule has 0 aliphatic carbocycles. The molecule has 4 heteroatoms. The van der Waals surface area contributed by atoms with Crippen molar-refractivity contribution < 1.29 is 9.13 Å². The highest BCUT2D eigenvalue weighted by Crippen LogP contribution is 2.28. The van der Waals surface area contributed by atoms with Crippen molar-refractivity contribution in [2.75, 3.05) is 24.3 Å². The summed E-state index contributed by atoms with van der Waals surface area (Å²) < 4.78 is 18.4. The Hall–Kier alpha value is -2.23. The molecule has 2 rings (SSSR count). The predicted molar refractivity (Wildman–Crippen MR) is 80.5 cm³/mol. The zero-order valence-electron chi connectivity index (χ0n) is 11.8. The Morgan fingerprint density at radius 2 is 1.85 bits per heavy atom. The van der Waals surface area contributed by atoms with Crippen LogP contribution in [0.4, 0.5) is 15.8 Å². The molecular weight excluding hydrogens is 255 g/mol. The van der Waals surface area contributed by atoms with Gasteiger partial charge in [-0.05, 0) is 36.8 Å². The monoisotopic (exact) mass is 274 g/mol. The molecule has 20 heavy (non-hydrogen) atoms. The lowest BCUT2D eigenvalue weighted by atomic mass is 10.2. The SMILES string of the molecule is CCOc1cc(N(C)Cc2ccc(F)cc2)ccc1N. The molecule has 0 bridgehead atoms. The quantitative estimate of drug-likeness (QED) is 0.849. The topological polar surface area (TPSA) is 38.5 Å². The molecule has 0 amide bonds. The first kappa shape index (κ1) is 14.2. The summed E-state index contributed by atoms with van der Waals surface area (Å²) in [6, 6.07) is 12.2. The van der Waals surface area contributed by atoms with E-state index in [1.165, 1.54) is 12.1 Å². The van der Waals surface area contributed by atoms with Gasteiger partial charge in [-0.15, -0.1) is 0 Å². The summed E-state index contributed by atoms with van der Waals surface area (Å²) in [5.74, 6) is 0.471. The molecule has 0 radical (unpaired) electrons. The summed E-state index contributed by atoms with van der Waals surface area (Å²) in [6.45, 7) is 3.19. The molecule has 0 aliphatic rings. The number of hydrogen-bond acceptors (Lipinski definition) is 3. The zero-order chi connectivity index (χ0) is 14.5. The van der Waals surface area contributed by atoms with Crippen LogP contribution in [-0.2, 0) is 6.54 Å². The van der Waals surface area contributed by atoms with Gasteiger partial charge in [-0.25, -0.2) is 4.39 Å². The van der Waals surface area contributed by atoms with Crippen LogP contribution in [0.5, 0.6) is 5.75 Å². The van der Waals surface area contributed by atoms with Crippen LogP contribution >= 0.6 is 0 Å². The summed E-state index contributed by atoms with van der Waals surface area (Å²) in [5.41, 5.74) is 8.54. The standard InChI is InChI=1S/C16H19FN2O/c1-3-20-16-10-14(8-9-15(16)18)19(2)11-12-4-6-13(17)7-5-12/h4-10H,3,11,18H2,1-2H3. The highest BCUT2D eigenvalue weighted by molar-refractivity contribution is 5.62. The van der Waals surface area contributed by atoms with Crippen LogP contribution in [0.1, 0.15) is 12.5 Å². The third-order valence-corrected chi connectivity index (χ3v) is 3.07. The molecule has 3 nitrogen and oxygen atoms in total. The second-order valence-electron chi connectivity index (χ2n) is 4.64. The van der Waals surface area contributed by atoms with Gasteiger partial charge in [-0.2, -0.15) is 0 Å². The molecule has 0 unspecified atom stereocenters. The number of ether oxygens (including phenoxy) is 1. The summed E-state index contributed by atoms with van der Waals surface area (Å²) in [6.07, 6.45) is 0. The number of nitrogens with two attached hydrogens (primary N) is 1. The first-order valence-corrected chi connectivity index (χ1v) is 6.58. The van der Waals surface area contributed by atoms with E-state index < -0.39 is 0 Å². The fourth-order valence-corrected chi connectivity index (χ4v) is 2.00. The number of halogens is 1. The molecular formula is C16H19FN2O. The first-order chi connectivity index (χ1) is 9.60. The first-order valence-electron chi connectivity index (χ1n) is 6.58. The van der Waals surface area contributed by atoms with Gasteiger partial charge in [0.1, 0.15) is 11.6 Å². The van der Waals surface area contributed by atoms with Crippen LogP contribution in [0.3, 0.4) is 0 Å². The minimum absolute atomic E-state index is 0.220. The minimum Gasteiger partial charge on any atom is -0.492 e. The van der Waals surface area contributed by atoms with Crippen LogP contribution < -0.4 is 15.4 Å². The zero-order valence-corrected chi connectivity index (χ0v) is 11.8. The van der Waals surface area contributed by atoms with E-state index in [9.17, 15) is 4.39 Å². The molecule has 0 saturated heterocycles. The molecule has 0 spiro atoms. The molecule has 106 valence electrons. The fraction of sp³-hybridized carbons (Fsp3) is 0.250. The Kier molecular flexibility index (Phi) is 4.45. The van der Waals surface area contributed by atoms with E-state index >= 15 is 0 Å². The Labute approximate surface area is 118 Å². The molecule has 0 aromatic heterocycles. The Bertz CT molecular complexity index is 569. The lowest BCUT2D eigenvalue weighted by molar-refractivity contribution is 0.342. The van der Waals surface area contributed by atoms with E-state index in [2.05, 4.69) is 4.90 Å². The maximum atomic E-state index is 12.9. The molecule has 0 aliphatic heterocycles. The lowest BCUT2D eigenvalue weighted by Gasteiger charge is -2.21. The van der Waals surface area contributed by atoms with Crippen LogP contribution in [0.15, 0.2) is 42.5 Å². The third-order valence-electron chi connectivity index (χ3n) is 3.07. The van der Waals surface area contributed by atoms with E-state index in [0.717, 1.165) is 11.3 Å². The van der Waals surface area contributed by atoms with Crippen molar-refractivity contribution in [3.63, 3.8) is 0 Å². The third kappa shape index (κ3) is 3.41. The maximum Gasteiger partial charge on any atom is 0.144 e. The molecule has 2 aromatic carbocycles. The Balaban J connectivity index is 2.14. The van der Waals surface area contributed by atoms with E-state index in [1.807, 2.05) is 32.2 Å². The van der Waals surface area contributed by atoms with Crippen LogP contribution in [0.2, 0.25) is 0 Å². The number of nitrogens with zero attached hydrogens (tertiary/aromatic N) is 1. The molecule has 2 aromatic rings. The Morgan fingerprint density at radius 3 is 2.50 bits per heavy atom. The van der Waals surface area contributed by atoms with Gasteiger partial charge in [0, 0.05) is 25.3 Å². The van der Waals surface area contributed by atoms with Gasteiger partial charge >= 0.3 is 0 Å². The van der Waals surface area contributed by atoms with E-state index in [1.54, 1.807) is 12.1 Å². The van der Waals surface area contributed by atoms with Gasteiger partial charge < -0.3 is 15.4 Å². The van der Waals surface area contributed by atoms with Crippen molar-refractivity contribution in [3.05, 3.63) is 53.8 Å². The van der Waals surface area contributed by atoms with Gasteiger partial charge in [0.15, 0.2) is 0 Å². The normalized spacial score (nSPS) is 10.3. The van der Waals surface area contributed by atoms with Gasteiger partial charge in [-0.3, -0.25) is 0 Å². The van der Waals surface area contributed by atoms with E-state index in [4.69, 9.17) is 10.5 Å². The van der Waals surface area contributed by atoms with Gasteiger partial charge in [-0.1, -0.05) is 12.1 Å². The van der Waals surface area contributed by atoms with Crippen LogP contribution in [0, 0.1) is 5.82 Å². The summed E-state index contributed by atoms with van der Waals surface area (Å²) in [5, 5.41) is 0. The molecule has 0 atom stereocenters. The smallest absolute Gasteiger partial charge is 0.144 e. The second-order valence-corrected chi connectivity index (χ2v) is 4.64. The van der Waals surface area contributed by atoms with Gasteiger partial charge in [0.25, 0.3) is 0 Å². The molecule has 0 saturated carbocycles. The molecule has 2 N–H and O–H groups in total. The molecule has 0 fully saturated rings. The molecule has 0 heterocycles. The summed E-state index contributed by atoms with van der Waals surface area (Å²) in [7, 11) is 1.98. The van der Waals surface area contributed by atoms with Crippen molar-refractivity contribution in [2.24, 2.45) is 0 Å². The number of rotatable bonds is 5. The number of anilines is 2. The highest BCUT2D eigenvalue weighted by Gasteiger charge is 2.06. The average Bonchev–Trinajstić information content (AvgIpc) is 2.44. The lowest BCUT2D eigenvalue weighted by Crippen LogP contribution is -2.16. The van der Waals surface area contributed by atoms with Crippen molar-refractivity contribution in [1.29, 1.82) is 0 Å². The van der Waals surface area contributed by atoms with Crippen molar-refractivity contribution >= 4 is 11.4 Å². The largest absolute Gasteiger partial charge is 0.492 e. The fourth-order valence-electron chi connectivity index (χ4n) is 2.00. The highest BCUT2D eigenvalue weighted by atomic mass is 19.1. The van der Waals surface area contributed by atoms with Gasteiger partial charge in [0.05, 0.1) is 12.3 Å². The number of benzene rings is 2. The number of hydrogen-bond donors (Lipinski definition) is 1. The summed E-state index contributed by atoms with van der Waals surface area (Å²) in [4.78, 5) is 2.06. The summed E-state index contributed by atoms with van der Waals surface area (Å²) >= 11 is 0. The minimum atomic E-state index is -0.220. The number of nitrogen functional groups attached to an aromatic ring is 1. The van der Waals surface area contributed by atoms with E-state index in [-0.39, 0.29) is 5.82 Å². The Morgan fingerprint density at radius 1 is 1.15 bits per heavy atom. The van der Waals surface area contributed by atoms with Crippen molar-refractivity contribution in [1.82, 2.24) is 0 Å². The van der Waals surface area contributed by atoms with Crippen molar-refractivity contribution in [2.45, 2.75) is 13.5 Å².